The van der Waals surface area contributed by atoms with Gasteiger partial charge in [-0.1, -0.05) is 49.4 Å². The lowest BCUT2D eigenvalue weighted by Gasteiger charge is -2.15. The molecule has 0 aliphatic rings. The molecule has 8 nitrogen and oxygen atoms in total. The van der Waals surface area contributed by atoms with Crippen LogP contribution in [0.1, 0.15) is 24.1 Å². The molecule has 192 valence electrons. The number of aromatic nitrogens is 6. The molecule has 0 radical (unpaired) electrons. The molecule has 9 heteroatoms. The van der Waals surface area contributed by atoms with E-state index in [4.69, 9.17) is 19.9 Å². The molecule has 7 aromatic rings. The number of imidazole rings is 2. The lowest BCUT2D eigenvalue weighted by atomic mass is 10.2. The van der Waals surface area contributed by atoms with Gasteiger partial charge in [0.25, 0.3) is 0 Å². The molecule has 7 rings (SSSR count). The van der Waals surface area contributed by atoms with E-state index in [1.165, 1.54) is 12.1 Å². The molecule has 39 heavy (non-hydrogen) atoms. The zero-order chi connectivity index (χ0) is 26.7. The molecule has 0 saturated carbocycles. The Hall–Kier alpha value is -5.05. The average Bonchev–Trinajstić information content (AvgIpc) is 3.49. The zero-order valence-electron chi connectivity index (χ0n) is 21.7. The number of hydrogen-bond donors (Lipinski definition) is 2. The zero-order valence-corrected chi connectivity index (χ0v) is 21.7. The number of nitrogens with one attached hydrogen (secondary N) is 2. The summed E-state index contributed by atoms with van der Waals surface area (Å²) in [5.74, 6) is 2.55. The van der Waals surface area contributed by atoms with Crippen LogP contribution in [-0.2, 0) is 6.42 Å². The number of para-hydroxylation sites is 2. The molecule has 0 aliphatic heterocycles. The van der Waals surface area contributed by atoms with E-state index < -0.39 is 0 Å². The number of hydrazine groups is 1. The van der Waals surface area contributed by atoms with Crippen molar-refractivity contribution in [3.8, 4) is 11.4 Å². The Bertz CT molecular complexity index is 2040. The van der Waals surface area contributed by atoms with E-state index in [0.717, 1.165) is 57.1 Å². The first-order valence-corrected chi connectivity index (χ1v) is 12.9. The van der Waals surface area contributed by atoms with Crippen molar-refractivity contribution in [2.24, 2.45) is 0 Å². The maximum atomic E-state index is 14.4. The molecule has 0 fully saturated rings. The monoisotopic (exact) mass is 516 g/mol. The minimum absolute atomic E-state index is 0.333. The van der Waals surface area contributed by atoms with E-state index in [1.54, 1.807) is 6.07 Å². The molecule has 0 atom stereocenters. The molecule has 0 unspecified atom stereocenters. The lowest BCUT2D eigenvalue weighted by Crippen LogP contribution is -2.14. The van der Waals surface area contributed by atoms with Gasteiger partial charge in [-0.05, 0) is 38.1 Å². The van der Waals surface area contributed by atoms with Gasteiger partial charge in [-0.3, -0.25) is 19.7 Å². The van der Waals surface area contributed by atoms with Crippen molar-refractivity contribution >= 4 is 44.7 Å². The standard InChI is InChI=1S/C30H25FN8/c1-4-25-32-17(2)26-28(34-21-12-8-9-13-23(21)38(25)26)36-37-29-27-18(3)33-30(19-10-6-5-7-11-19)39(27)24-16-20(31)14-15-22(24)35-29/h5-16H,4H2,1-3H3,(H,34,36)(H,35,37). The van der Waals surface area contributed by atoms with Gasteiger partial charge in [-0.15, -0.1) is 0 Å². The molecule has 0 aliphatic carbocycles. The van der Waals surface area contributed by atoms with Crippen molar-refractivity contribution in [2.45, 2.75) is 27.2 Å². The van der Waals surface area contributed by atoms with Crippen LogP contribution in [0, 0.1) is 19.7 Å². The predicted molar refractivity (Wildman–Crippen MR) is 152 cm³/mol. The van der Waals surface area contributed by atoms with E-state index in [0.29, 0.717) is 22.7 Å². The smallest absolute Gasteiger partial charge is 0.171 e. The van der Waals surface area contributed by atoms with Gasteiger partial charge in [-0.25, -0.2) is 24.3 Å². The summed E-state index contributed by atoms with van der Waals surface area (Å²) in [6, 6.07) is 22.5. The molecule has 2 N–H and O–H groups in total. The minimum atomic E-state index is -0.333. The van der Waals surface area contributed by atoms with Gasteiger partial charge in [0.15, 0.2) is 11.6 Å². The first kappa shape index (κ1) is 23.1. The van der Waals surface area contributed by atoms with Crippen LogP contribution < -0.4 is 10.9 Å². The topological polar surface area (TPSA) is 84.4 Å². The first-order chi connectivity index (χ1) is 19.0. The van der Waals surface area contributed by atoms with Crippen LogP contribution >= 0.6 is 0 Å². The van der Waals surface area contributed by atoms with E-state index in [9.17, 15) is 4.39 Å². The van der Waals surface area contributed by atoms with Crippen LogP contribution in [0.25, 0.3) is 44.5 Å². The van der Waals surface area contributed by atoms with Gasteiger partial charge >= 0.3 is 0 Å². The molecule has 0 amide bonds. The molecule has 4 aromatic heterocycles. The predicted octanol–water partition coefficient (Wildman–Crippen LogP) is 6.50. The second-order valence-electron chi connectivity index (χ2n) is 9.51. The molecule has 0 spiro atoms. The highest BCUT2D eigenvalue weighted by molar-refractivity contribution is 5.90. The van der Waals surface area contributed by atoms with Crippen LogP contribution in [0.2, 0.25) is 0 Å². The van der Waals surface area contributed by atoms with E-state index >= 15 is 0 Å². The highest BCUT2D eigenvalue weighted by Crippen LogP contribution is 2.32. The van der Waals surface area contributed by atoms with Crippen LogP contribution in [0.4, 0.5) is 16.0 Å². The van der Waals surface area contributed by atoms with Crippen LogP contribution in [0.5, 0.6) is 0 Å². The second kappa shape index (κ2) is 8.76. The number of fused-ring (bicyclic) bond motifs is 6. The average molecular weight is 517 g/mol. The Morgan fingerprint density at radius 2 is 1.33 bits per heavy atom. The molecule has 3 aromatic carbocycles. The van der Waals surface area contributed by atoms with Crippen molar-refractivity contribution in [2.75, 3.05) is 10.9 Å². The Morgan fingerprint density at radius 3 is 2.08 bits per heavy atom. The number of anilines is 2. The van der Waals surface area contributed by atoms with E-state index in [-0.39, 0.29) is 5.82 Å². The third-order valence-electron chi connectivity index (χ3n) is 7.03. The van der Waals surface area contributed by atoms with Crippen molar-refractivity contribution < 1.29 is 4.39 Å². The second-order valence-corrected chi connectivity index (χ2v) is 9.51. The summed E-state index contributed by atoms with van der Waals surface area (Å²) in [6.07, 6.45) is 0.788. The summed E-state index contributed by atoms with van der Waals surface area (Å²) in [7, 11) is 0. The summed E-state index contributed by atoms with van der Waals surface area (Å²) in [5.41, 5.74) is 14.0. The van der Waals surface area contributed by atoms with Gasteiger partial charge < -0.3 is 0 Å². The van der Waals surface area contributed by atoms with Crippen molar-refractivity contribution in [1.29, 1.82) is 0 Å². The van der Waals surface area contributed by atoms with Gasteiger partial charge in [0.2, 0.25) is 0 Å². The maximum Gasteiger partial charge on any atom is 0.171 e. The highest BCUT2D eigenvalue weighted by Gasteiger charge is 2.20. The number of benzene rings is 3. The van der Waals surface area contributed by atoms with Crippen LogP contribution in [-0.4, -0.2) is 28.7 Å². The van der Waals surface area contributed by atoms with Crippen molar-refractivity contribution in [3.63, 3.8) is 0 Å². The van der Waals surface area contributed by atoms with Crippen molar-refractivity contribution in [3.05, 3.63) is 95.8 Å². The Kier molecular flexibility index (Phi) is 5.19. The quantitative estimate of drug-likeness (QED) is 0.254. The largest absolute Gasteiger partial charge is 0.291 e. The van der Waals surface area contributed by atoms with E-state index in [1.807, 2.05) is 66.8 Å². The van der Waals surface area contributed by atoms with Gasteiger partial charge in [0.05, 0.1) is 33.5 Å². The molecular weight excluding hydrogens is 491 g/mol. The number of rotatable bonds is 5. The summed E-state index contributed by atoms with van der Waals surface area (Å²) in [5, 5.41) is 0. The SMILES string of the molecule is CCc1nc(C)c2c(NNc3nc4ccc(F)cc4n4c(-c5ccccc5)nc(C)c34)nc3ccccc3n12. The highest BCUT2D eigenvalue weighted by atomic mass is 19.1. The Labute approximate surface area is 223 Å². The summed E-state index contributed by atoms with van der Waals surface area (Å²) in [4.78, 5) is 19.5. The fourth-order valence-corrected chi connectivity index (χ4v) is 5.34. The Morgan fingerprint density at radius 1 is 0.692 bits per heavy atom. The molecule has 4 heterocycles. The third kappa shape index (κ3) is 3.58. The molecule has 0 bridgehead atoms. The number of nitrogens with zero attached hydrogens (tertiary/aromatic N) is 6. The third-order valence-corrected chi connectivity index (χ3v) is 7.03. The minimum Gasteiger partial charge on any atom is -0.291 e. The fourth-order valence-electron chi connectivity index (χ4n) is 5.34. The normalized spacial score (nSPS) is 11.7. The van der Waals surface area contributed by atoms with Gasteiger partial charge in [0.1, 0.15) is 28.5 Å². The first-order valence-electron chi connectivity index (χ1n) is 12.9. The number of hydrogen-bond acceptors (Lipinski definition) is 6. The number of halogens is 1. The summed E-state index contributed by atoms with van der Waals surface area (Å²) < 4.78 is 18.5. The van der Waals surface area contributed by atoms with Crippen LogP contribution in [0.3, 0.4) is 0 Å². The maximum absolute atomic E-state index is 14.4. The summed E-state index contributed by atoms with van der Waals surface area (Å²) in [6.45, 7) is 6.02. The van der Waals surface area contributed by atoms with Crippen LogP contribution in [0.15, 0.2) is 72.8 Å². The summed E-state index contributed by atoms with van der Waals surface area (Å²) >= 11 is 0. The molecule has 0 saturated heterocycles. The fraction of sp³-hybridized carbons (Fsp3) is 0.133. The van der Waals surface area contributed by atoms with Gasteiger partial charge in [0, 0.05) is 18.1 Å². The number of aryl methyl sites for hydroxylation is 3. The van der Waals surface area contributed by atoms with E-state index in [2.05, 4.69) is 28.2 Å². The van der Waals surface area contributed by atoms with Crippen molar-refractivity contribution in [1.82, 2.24) is 28.7 Å². The molecular formula is C30H25FN8. The Balaban J connectivity index is 1.43. The van der Waals surface area contributed by atoms with Gasteiger partial charge in [-0.2, -0.15) is 0 Å². The lowest BCUT2D eigenvalue weighted by molar-refractivity contribution is 0.629.